The highest BCUT2D eigenvalue weighted by molar-refractivity contribution is 6.30. The number of rotatable bonds is 5. The lowest BCUT2D eigenvalue weighted by molar-refractivity contribution is -0.148. The van der Waals surface area contributed by atoms with Crippen LogP contribution in [-0.4, -0.2) is 45.6 Å². The summed E-state index contributed by atoms with van der Waals surface area (Å²) in [4.78, 5) is 16.4. The number of nitrogens with zero attached hydrogens (tertiary/aromatic N) is 2. The van der Waals surface area contributed by atoms with Gasteiger partial charge in [-0.3, -0.25) is 9.89 Å². The fourth-order valence-corrected chi connectivity index (χ4v) is 5.16. The van der Waals surface area contributed by atoms with Crippen molar-refractivity contribution < 1.29 is 19.4 Å². The van der Waals surface area contributed by atoms with Crippen molar-refractivity contribution in [2.24, 2.45) is 5.92 Å². The van der Waals surface area contributed by atoms with E-state index in [2.05, 4.69) is 16.3 Å². The van der Waals surface area contributed by atoms with Gasteiger partial charge in [-0.2, -0.15) is 5.10 Å². The number of benzene rings is 2. The summed E-state index contributed by atoms with van der Waals surface area (Å²) in [6.45, 7) is 1.40. The molecule has 2 aliphatic rings. The average molecular weight is 478 g/mol. The first-order valence-corrected chi connectivity index (χ1v) is 12.0. The number of aliphatic carboxylic acids is 1. The Bertz CT molecular complexity index is 1370. The Hall–Kier alpha value is -3.16. The van der Waals surface area contributed by atoms with Gasteiger partial charge in [0.25, 0.3) is 0 Å². The van der Waals surface area contributed by atoms with Gasteiger partial charge in [0, 0.05) is 40.5 Å². The van der Waals surface area contributed by atoms with Crippen LogP contribution in [-0.2, 0) is 9.53 Å². The molecular formula is C26H24ClN3O4. The Morgan fingerprint density at radius 1 is 1.12 bits per heavy atom. The second-order valence-electron chi connectivity index (χ2n) is 9.17. The van der Waals surface area contributed by atoms with Gasteiger partial charge in [-0.25, -0.2) is 4.98 Å². The van der Waals surface area contributed by atoms with Crippen LogP contribution in [0.25, 0.3) is 32.8 Å². The van der Waals surface area contributed by atoms with Crippen molar-refractivity contribution >= 4 is 39.2 Å². The van der Waals surface area contributed by atoms with Crippen LogP contribution in [0, 0.1) is 5.92 Å². The van der Waals surface area contributed by atoms with Crippen molar-refractivity contribution in [3.63, 3.8) is 0 Å². The van der Waals surface area contributed by atoms with Crippen molar-refractivity contribution in [1.82, 2.24) is 15.2 Å². The molecule has 0 bridgehead atoms. The summed E-state index contributed by atoms with van der Waals surface area (Å²) in [7, 11) is 0. The van der Waals surface area contributed by atoms with Gasteiger partial charge in [0.1, 0.15) is 6.10 Å². The number of aromatic amines is 1. The molecule has 0 atom stereocenters. The first-order valence-electron chi connectivity index (χ1n) is 11.6. The average Bonchev–Trinajstić information content (AvgIpc) is 3.28. The Balaban J connectivity index is 1.55. The molecule has 2 aromatic heterocycles. The summed E-state index contributed by atoms with van der Waals surface area (Å²) >= 11 is 6.20. The van der Waals surface area contributed by atoms with Crippen molar-refractivity contribution in [2.45, 2.75) is 37.7 Å². The fourth-order valence-electron chi connectivity index (χ4n) is 5.04. The van der Waals surface area contributed by atoms with Crippen LogP contribution in [0.4, 0.5) is 0 Å². The Labute approximate surface area is 201 Å². The van der Waals surface area contributed by atoms with Crippen LogP contribution in [0.5, 0.6) is 5.88 Å². The summed E-state index contributed by atoms with van der Waals surface area (Å²) in [6.07, 6.45) is 4.43. The normalized spacial score (nSPS) is 21.0. The predicted molar refractivity (Wildman–Crippen MR) is 129 cm³/mol. The summed E-state index contributed by atoms with van der Waals surface area (Å²) < 4.78 is 12.0. The van der Waals surface area contributed by atoms with Crippen LogP contribution in [0.2, 0.25) is 5.02 Å². The second kappa shape index (κ2) is 8.56. The van der Waals surface area contributed by atoms with E-state index in [4.69, 9.17) is 26.1 Å². The summed E-state index contributed by atoms with van der Waals surface area (Å²) in [5, 5.41) is 20.1. The van der Waals surface area contributed by atoms with E-state index in [-0.39, 0.29) is 17.9 Å². The lowest BCUT2D eigenvalue weighted by atomic mass is 9.82. The van der Waals surface area contributed by atoms with Crippen LogP contribution in [0.15, 0.2) is 42.6 Å². The number of H-pyrrole nitrogens is 1. The molecule has 0 spiro atoms. The number of pyridine rings is 1. The molecule has 1 aliphatic carbocycles. The molecule has 2 aromatic carbocycles. The lowest BCUT2D eigenvalue weighted by Gasteiger charge is -2.33. The zero-order valence-corrected chi connectivity index (χ0v) is 19.2. The first-order chi connectivity index (χ1) is 16.6. The Kier molecular flexibility index (Phi) is 5.38. The molecule has 0 radical (unpaired) electrons. The predicted octanol–water partition coefficient (Wildman–Crippen LogP) is 5.57. The van der Waals surface area contributed by atoms with Crippen LogP contribution in [0.3, 0.4) is 0 Å². The Morgan fingerprint density at radius 2 is 1.88 bits per heavy atom. The number of carboxylic acid groups (broad SMARTS) is 1. The van der Waals surface area contributed by atoms with E-state index in [1.54, 1.807) is 0 Å². The van der Waals surface area contributed by atoms with Gasteiger partial charge >= 0.3 is 5.97 Å². The number of carboxylic acids is 1. The molecule has 1 saturated heterocycles. The smallest absolute Gasteiger partial charge is 0.306 e. The van der Waals surface area contributed by atoms with Gasteiger partial charge in [-0.1, -0.05) is 23.7 Å². The standard InChI is InChI=1S/C26H24ClN3O4/c27-18-3-1-14(2-4-18)23-20-11-17-13-28-30-22(17)12-21(20)25(34-19-9-16(10-19)26(31)32)29-24(23)15-5-7-33-8-6-15/h1-4,11-13,15-16,19H,5-10H2,(H,28,30)(H,31,32)/t16-,19-. The number of ether oxygens (including phenoxy) is 2. The van der Waals surface area contributed by atoms with Crippen molar-refractivity contribution in [3.05, 3.63) is 53.3 Å². The van der Waals surface area contributed by atoms with E-state index >= 15 is 0 Å². The highest BCUT2D eigenvalue weighted by Crippen LogP contribution is 2.44. The van der Waals surface area contributed by atoms with E-state index in [0.717, 1.165) is 51.3 Å². The first kappa shape index (κ1) is 21.4. The SMILES string of the molecule is O=C(O)[C@H]1C[C@H](Oc2nc(C3CCOCC3)c(-c3ccc(Cl)cc3)c3cc4cn[nH]c4cc23)C1. The third-order valence-electron chi connectivity index (χ3n) is 7.02. The van der Waals surface area contributed by atoms with Gasteiger partial charge < -0.3 is 14.6 Å². The topological polar surface area (TPSA) is 97.3 Å². The maximum absolute atomic E-state index is 11.3. The molecule has 2 N–H and O–H groups in total. The Morgan fingerprint density at radius 3 is 2.62 bits per heavy atom. The molecule has 0 amide bonds. The number of hydrogen-bond acceptors (Lipinski definition) is 5. The van der Waals surface area contributed by atoms with Gasteiger partial charge in [0.2, 0.25) is 5.88 Å². The maximum atomic E-state index is 11.3. The molecule has 34 heavy (non-hydrogen) atoms. The summed E-state index contributed by atoms with van der Waals surface area (Å²) in [5.41, 5.74) is 4.01. The molecule has 2 fully saturated rings. The van der Waals surface area contributed by atoms with Crippen molar-refractivity contribution in [1.29, 1.82) is 0 Å². The fraction of sp³-hybridized carbons (Fsp3) is 0.346. The van der Waals surface area contributed by atoms with Crippen LogP contribution < -0.4 is 4.74 Å². The van der Waals surface area contributed by atoms with Crippen molar-refractivity contribution in [2.75, 3.05) is 13.2 Å². The molecule has 1 saturated carbocycles. The van der Waals surface area contributed by atoms with Crippen LogP contribution in [0.1, 0.15) is 37.3 Å². The third-order valence-corrected chi connectivity index (χ3v) is 7.27. The third kappa shape index (κ3) is 3.79. The van der Waals surface area contributed by atoms with Gasteiger partial charge in [0.05, 0.1) is 23.3 Å². The minimum absolute atomic E-state index is 0.154. The number of fused-ring (bicyclic) bond motifs is 2. The molecule has 6 rings (SSSR count). The minimum atomic E-state index is -0.766. The molecule has 3 heterocycles. The number of aromatic nitrogens is 3. The maximum Gasteiger partial charge on any atom is 0.306 e. The monoisotopic (exact) mass is 477 g/mol. The van der Waals surface area contributed by atoms with E-state index in [1.165, 1.54) is 0 Å². The van der Waals surface area contributed by atoms with Gasteiger partial charge in [-0.05, 0) is 60.9 Å². The zero-order chi connectivity index (χ0) is 23.2. The van der Waals surface area contributed by atoms with Gasteiger partial charge in [0.15, 0.2) is 0 Å². The molecule has 7 nitrogen and oxygen atoms in total. The minimum Gasteiger partial charge on any atom is -0.481 e. The second-order valence-corrected chi connectivity index (χ2v) is 9.61. The lowest BCUT2D eigenvalue weighted by Crippen LogP contribution is -2.38. The number of carbonyl (C=O) groups is 1. The van der Waals surface area contributed by atoms with E-state index in [1.807, 2.05) is 36.5 Å². The number of nitrogens with one attached hydrogen (secondary N) is 1. The summed E-state index contributed by atoms with van der Waals surface area (Å²) in [6, 6.07) is 12.0. The molecule has 4 aromatic rings. The largest absolute Gasteiger partial charge is 0.481 e. The quantitative estimate of drug-likeness (QED) is 0.390. The van der Waals surface area contributed by atoms with Crippen LogP contribution >= 0.6 is 11.6 Å². The molecule has 8 heteroatoms. The molecule has 174 valence electrons. The molecule has 1 aliphatic heterocycles. The van der Waals surface area contributed by atoms with E-state index < -0.39 is 5.97 Å². The van der Waals surface area contributed by atoms with E-state index in [0.29, 0.717) is 37.0 Å². The highest BCUT2D eigenvalue weighted by atomic mass is 35.5. The van der Waals surface area contributed by atoms with Crippen molar-refractivity contribution in [3.8, 4) is 17.0 Å². The van der Waals surface area contributed by atoms with E-state index in [9.17, 15) is 9.90 Å². The van der Waals surface area contributed by atoms with Gasteiger partial charge in [-0.15, -0.1) is 0 Å². The number of halogens is 1. The molecule has 0 unspecified atom stereocenters. The molecular weight excluding hydrogens is 454 g/mol. The zero-order valence-electron chi connectivity index (χ0n) is 18.5. The number of hydrogen-bond donors (Lipinski definition) is 2. The summed E-state index contributed by atoms with van der Waals surface area (Å²) in [5.74, 6) is -0.323. The highest BCUT2D eigenvalue weighted by Gasteiger charge is 2.37.